The van der Waals surface area contributed by atoms with Crippen LogP contribution < -0.4 is 5.01 Å². The third kappa shape index (κ3) is 4.20. The smallest absolute Gasteiger partial charge is 0.416 e. The first kappa shape index (κ1) is 23.8. The molecule has 1 aromatic carbocycles. The van der Waals surface area contributed by atoms with Crippen LogP contribution in [0.4, 0.5) is 27.6 Å². The van der Waals surface area contributed by atoms with E-state index in [1.165, 1.54) is 13.0 Å². The number of hydrogen-bond donors (Lipinski definition) is 0. The van der Waals surface area contributed by atoms with Crippen molar-refractivity contribution >= 4 is 50.5 Å². The number of alkyl halides is 5. The Morgan fingerprint density at radius 1 is 1.24 bits per heavy atom. The number of rotatable bonds is 5. The van der Waals surface area contributed by atoms with Crippen molar-refractivity contribution in [1.82, 2.24) is 4.41 Å². The topological polar surface area (TPSA) is 73.6 Å². The van der Waals surface area contributed by atoms with E-state index < -0.39 is 60.2 Å². The van der Waals surface area contributed by atoms with Gasteiger partial charge in [-0.05, 0) is 19.1 Å². The van der Waals surface area contributed by atoms with Crippen LogP contribution in [0, 0.1) is 11.3 Å². The summed E-state index contributed by atoms with van der Waals surface area (Å²) in [6, 6.07) is 0.249. The summed E-state index contributed by atoms with van der Waals surface area (Å²) in [7, 11) is -5.53. The minimum atomic E-state index is -5.53. The summed E-state index contributed by atoms with van der Waals surface area (Å²) in [6.07, 6.45) is -4.85. The molecule has 1 unspecified atom stereocenters. The number of anilines is 1. The average Bonchev–Trinajstić information content (AvgIpc) is 2.86. The fourth-order valence-corrected chi connectivity index (χ4v) is 4.34. The maximum absolute atomic E-state index is 13.2. The van der Waals surface area contributed by atoms with Crippen molar-refractivity contribution in [2.24, 2.45) is 0 Å². The van der Waals surface area contributed by atoms with Crippen LogP contribution in [0.15, 0.2) is 23.0 Å². The maximum Gasteiger partial charge on any atom is 0.416 e. The lowest BCUT2D eigenvalue weighted by Gasteiger charge is -2.32. The van der Waals surface area contributed by atoms with Crippen molar-refractivity contribution in [3.63, 3.8) is 0 Å². The van der Waals surface area contributed by atoms with Crippen LogP contribution in [0.2, 0.25) is 10.0 Å². The zero-order valence-electron chi connectivity index (χ0n) is 14.0. The minimum Gasteiger partial charge on any atom is -0.477 e. The van der Waals surface area contributed by atoms with E-state index in [4.69, 9.17) is 39.5 Å². The Labute approximate surface area is 176 Å². The van der Waals surface area contributed by atoms with E-state index in [1.807, 2.05) is 0 Å². The van der Waals surface area contributed by atoms with Crippen LogP contribution in [0.3, 0.4) is 0 Å². The molecule has 0 spiro atoms. The molecule has 1 atom stereocenters. The summed E-state index contributed by atoms with van der Waals surface area (Å²) < 4.78 is 94.8. The van der Waals surface area contributed by atoms with E-state index >= 15 is 0 Å². The molecule has 1 aliphatic heterocycles. The van der Waals surface area contributed by atoms with Gasteiger partial charge in [0.25, 0.3) is 10.0 Å². The van der Waals surface area contributed by atoms with Gasteiger partial charge in [-0.2, -0.15) is 27.2 Å². The number of hydrazine groups is 1. The number of sulfonamides is 1. The van der Waals surface area contributed by atoms with Crippen molar-refractivity contribution in [1.29, 1.82) is 5.26 Å². The first-order chi connectivity index (χ1) is 13.3. The van der Waals surface area contributed by atoms with Gasteiger partial charge in [0.2, 0.25) is 5.88 Å². The number of nitriles is 1. The number of benzene rings is 1. The highest BCUT2D eigenvalue weighted by atomic mass is 35.5. The molecule has 1 heterocycles. The minimum absolute atomic E-state index is 0.134. The molecule has 0 N–H and O–H groups in total. The van der Waals surface area contributed by atoms with E-state index in [-0.39, 0.29) is 11.0 Å². The van der Waals surface area contributed by atoms with Crippen LogP contribution in [-0.4, -0.2) is 31.2 Å². The molecule has 0 fully saturated rings. The Morgan fingerprint density at radius 3 is 2.14 bits per heavy atom. The first-order valence-electron chi connectivity index (χ1n) is 7.38. The zero-order valence-corrected chi connectivity index (χ0v) is 17.1. The molecule has 1 aromatic rings. The molecule has 0 amide bonds. The molecule has 6 nitrogen and oxygen atoms in total. The Balaban J connectivity index is 2.83. The Hall–Kier alpha value is -1.52. The predicted octanol–water partition coefficient (Wildman–Crippen LogP) is 4.94. The summed E-state index contributed by atoms with van der Waals surface area (Å²) >= 11 is 17.7. The van der Waals surface area contributed by atoms with Crippen molar-refractivity contribution in [2.45, 2.75) is 24.9 Å². The van der Waals surface area contributed by atoms with Gasteiger partial charge in [-0.3, -0.25) is 0 Å². The Kier molecular flexibility index (Phi) is 6.81. The highest BCUT2D eigenvalue weighted by Gasteiger charge is 2.52. The van der Waals surface area contributed by atoms with Crippen LogP contribution >= 0.6 is 34.8 Å². The Bertz CT molecular complexity index is 971. The molecule has 0 bridgehead atoms. The molecule has 0 radical (unpaired) electrons. The molecular weight excluding hydrogens is 492 g/mol. The van der Waals surface area contributed by atoms with E-state index in [9.17, 15) is 35.6 Å². The maximum atomic E-state index is 13.2. The van der Waals surface area contributed by atoms with Crippen molar-refractivity contribution in [3.8, 4) is 6.07 Å². The summed E-state index contributed by atoms with van der Waals surface area (Å²) in [5.74, 6) is -4.60. The summed E-state index contributed by atoms with van der Waals surface area (Å²) in [5.41, 5.74) is -1.92. The molecule has 160 valence electrons. The lowest BCUT2D eigenvalue weighted by Crippen LogP contribution is -2.49. The van der Waals surface area contributed by atoms with Crippen LogP contribution in [0.25, 0.3) is 0 Å². The third-order valence-electron chi connectivity index (χ3n) is 3.50. The quantitative estimate of drug-likeness (QED) is 0.536. The number of hydrogen-bond acceptors (Lipinski definition) is 5. The highest BCUT2D eigenvalue weighted by molar-refractivity contribution is 7.89. The largest absolute Gasteiger partial charge is 0.477 e. The van der Waals surface area contributed by atoms with Gasteiger partial charge in [-0.25, -0.2) is 13.4 Å². The van der Waals surface area contributed by atoms with E-state index in [1.54, 1.807) is 0 Å². The molecule has 1 aliphatic rings. The average molecular weight is 501 g/mol. The molecule has 0 saturated carbocycles. The number of ether oxygens (including phenoxy) is 1. The van der Waals surface area contributed by atoms with Crippen molar-refractivity contribution in [3.05, 3.63) is 38.7 Å². The molecule has 0 aliphatic carbocycles. The van der Waals surface area contributed by atoms with Gasteiger partial charge < -0.3 is 4.74 Å². The van der Waals surface area contributed by atoms with Crippen LogP contribution in [0.5, 0.6) is 0 Å². The lowest BCUT2D eigenvalue weighted by molar-refractivity contribution is -0.137. The summed E-state index contributed by atoms with van der Waals surface area (Å²) in [5, 5.41) is 7.52. The van der Waals surface area contributed by atoms with Gasteiger partial charge in [0, 0.05) is 0 Å². The lowest BCUT2D eigenvalue weighted by atomic mass is 10.2. The first-order valence-corrected chi connectivity index (χ1v) is 10.0. The number of halogens is 8. The normalized spacial score (nSPS) is 18.5. The molecule has 0 saturated heterocycles. The molecule has 29 heavy (non-hydrogen) atoms. The second-order valence-corrected chi connectivity index (χ2v) is 8.28. The standard InChI is InChI=1S/C14H9Cl3F5N3O3S/c1-2-28-12-10(17)9(5-23)25(29(26,27)13(18)19)24(12)11-7(15)3-6(4-8(11)16)14(20,21)22/h3-4,9,13H,2H2,1H3. The van der Waals surface area contributed by atoms with Gasteiger partial charge in [0.15, 0.2) is 6.04 Å². The summed E-state index contributed by atoms with van der Waals surface area (Å²) in [4.78, 5) is 0. The van der Waals surface area contributed by atoms with Gasteiger partial charge in [-0.15, -0.1) is 0 Å². The fraction of sp³-hybridized carbons (Fsp3) is 0.357. The van der Waals surface area contributed by atoms with Gasteiger partial charge in [0.05, 0.1) is 34.0 Å². The van der Waals surface area contributed by atoms with E-state index in [0.29, 0.717) is 17.1 Å². The Morgan fingerprint density at radius 2 is 1.76 bits per heavy atom. The van der Waals surface area contributed by atoms with Crippen LogP contribution in [-0.2, 0) is 20.9 Å². The fourth-order valence-electron chi connectivity index (χ4n) is 2.37. The second-order valence-electron chi connectivity index (χ2n) is 5.29. The van der Waals surface area contributed by atoms with Crippen molar-refractivity contribution in [2.75, 3.05) is 11.6 Å². The molecular formula is C14H9Cl3F5N3O3S. The molecule has 0 aromatic heterocycles. The predicted molar refractivity (Wildman–Crippen MR) is 94.6 cm³/mol. The second kappa shape index (κ2) is 8.31. The molecule has 2 rings (SSSR count). The zero-order chi connectivity index (χ0) is 22.3. The van der Waals surface area contributed by atoms with E-state index in [0.717, 1.165) is 0 Å². The van der Waals surface area contributed by atoms with Crippen LogP contribution in [0.1, 0.15) is 12.5 Å². The molecule has 15 heteroatoms. The van der Waals surface area contributed by atoms with Crippen molar-refractivity contribution < 1.29 is 35.1 Å². The third-order valence-corrected chi connectivity index (χ3v) is 5.79. The van der Waals surface area contributed by atoms with Gasteiger partial charge in [-0.1, -0.05) is 39.2 Å². The SMILES string of the molecule is CCOC1=C(Cl)C(C#N)N(S(=O)(=O)C(F)F)N1c1c(Cl)cc(C(F)(F)F)cc1Cl. The van der Waals surface area contributed by atoms with Gasteiger partial charge in [0.1, 0.15) is 5.03 Å². The highest BCUT2D eigenvalue weighted by Crippen LogP contribution is 2.47. The van der Waals surface area contributed by atoms with E-state index in [2.05, 4.69) is 0 Å². The van der Waals surface area contributed by atoms with Gasteiger partial charge >= 0.3 is 11.9 Å². The number of nitrogens with zero attached hydrogens (tertiary/aromatic N) is 3. The summed E-state index contributed by atoms with van der Waals surface area (Å²) in [6.45, 7) is 1.26. The monoisotopic (exact) mass is 499 g/mol.